The summed E-state index contributed by atoms with van der Waals surface area (Å²) in [6, 6.07) is 8.38. The Morgan fingerprint density at radius 3 is 2.46 bits per heavy atom. The number of hydrogen-bond acceptors (Lipinski definition) is 4. The third kappa shape index (κ3) is 5.26. The quantitative estimate of drug-likeness (QED) is 0.814. The molecular weight excluding hydrogens is 324 g/mol. The molecule has 132 valence electrons. The molecule has 0 spiro atoms. The molecule has 1 heterocycles. The van der Waals surface area contributed by atoms with Crippen LogP contribution in [0.5, 0.6) is 0 Å². The first-order valence-electron chi connectivity index (χ1n) is 8.26. The van der Waals surface area contributed by atoms with Gasteiger partial charge in [-0.15, -0.1) is 0 Å². The van der Waals surface area contributed by atoms with Crippen molar-refractivity contribution in [3.63, 3.8) is 0 Å². The lowest BCUT2D eigenvalue weighted by Gasteiger charge is -2.32. The van der Waals surface area contributed by atoms with Crippen molar-refractivity contribution in [3.8, 4) is 0 Å². The molecule has 1 saturated heterocycles. The van der Waals surface area contributed by atoms with E-state index in [1.54, 1.807) is 4.90 Å². The minimum Gasteiger partial charge on any atom is -0.450 e. The van der Waals surface area contributed by atoms with Gasteiger partial charge in [0.05, 0.1) is 6.61 Å². The second-order valence-electron chi connectivity index (χ2n) is 6.00. The molecule has 7 heteroatoms. The minimum atomic E-state index is -0.224. The van der Waals surface area contributed by atoms with Gasteiger partial charge >= 0.3 is 6.09 Å². The average Bonchev–Trinajstić information content (AvgIpc) is 2.56. The lowest BCUT2D eigenvalue weighted by Crippen LogP contribution is -2.47. The number of nitrogens with zero attached hydrogens (tertiary/aromatic N) is 2. The molecule has 2 N–H and O–H groups in total. The van der Waals surface area contributed by atoms with Crippen molar-refractivity contribution in [1.82, 2.24) is 10.2 Å². The summed E-state index contributed by atoms with van der Waals surface area (Å²) in [6.45, 7) is 3.62. The monoisotopic (exact) mass is 350 g/mol. The smallest absolute Gasteiger partial charge is 0.409 e. The molecule has 0 aliphatic carbocycles. The molecule has 2 rings (SSSR count). The van der Waals surface area contributed by atoms with E-state index in [2.05, 4.69) is 15.5 Å². The van der Waals surface area contributed by atoms with Crippen molar-refractivity contribution in [3.05, 3.63) is 24.3 Å². The van der Waals surface area contributed by atoms with Crippen LogP contribution in [-0.2, 0) is 4.74 Å². The number of amides is 1. The van der Waals surface area contributed by atoms with Crippen LogP contribution in [0.3, 0.4) is 0 Å². The van der Waals surface area contributed by atoms with E-state index in [9.17, 15) is 4.79 Å². The van der Waals surface area contributed by atoms with E-state index in [0.29, 0.717) is 24.8 Å². The number of thiocarbonyl (C=S) groups is 1. The highest BCUT2D eigenvalue weighted by molar-refractivity contribution is 7.80. The molecule has 1 amide bonds. The molecule has 1 aliphatic heterocycles. The predicted octanol–water partition coefficient (Wildman–Crippen LogP) is 2.66. The maximum absolute atomic E-state index is 11.7. The topological polar surface area (TPSA) is 56.8 Å². The number of nitrogens with one attached hydrogen (secondary N) is 2. The van der Waals surface area contributed by atoms with E-state index >= 15 is 0 Å². The van der Waals surface area contributed by atoms with Gasteiger partial charge in [-0.1, -0.05) is 0 Å². The lowest BCUT2D eigenvalue weighted by atomic mass is 10.1. The van der Waals surface area contributed by atoms with E-state index in [4.69, 9.17) is 17.0 Å². The Labute approximate surface area is 149 Å². The molecule has 0 radical (unpaired) electrons. The molecule has 1 fully saturated rings. The van der Waals surface area contributed by atoms with Gasteiger partial charge in [0.2, 0.25) is 0 Å². The summed E-state index contributed by atoms with van der Waals surface area (Å²) >= 11 is 5.39. The van der Waals surface area contributed by atoms with E-state index in [1.165, 1.54) is 0 Å². The molecule has 1 aromatic carbocycles. The number of anilines is 2. The summed E-state index contributed by atoms with van der Waals surface area (Å²) in [5, 5.41) is 7.15. The van der Waals surface area contributed by atoms with E-state index in [0.717, 1.165) is 24.2 Å². The molecular formula is C17H26N4O2S. The van der Waals surface area contributed by atoms with Crippen molar-refractivity contribution in [2.24, 2.45) is 0 Å². The number of ether oxygens (including phenoxy) is 1. The highest BCUT2D eigenvalue weighted by atomic mass is 32.1. The Kier molecular flexibility index (Phi) is 6.66. The van der Waals surface area contributed by atoms with Crippen LogP contribution in [0.15, 0.2) is 24.3 Å². The van der Waals surface area contributed by atoms with Crippen LogP contribution in [0.4, 0.5) is 16.2 Å². The zero-order valence-corrected chi connectivity index (χ0v) is 15.4. The maximum atomic E-state index is 11.7. The number of piperidine rings is 1. The van der Waals surface area contributed by atoms with Gasteiger partial charge in [-0.2, -0.15) is 0 Å². The summed E-state index contributed by atoms with van der Waals surface area (Å²) in [7, 11) is 4.02. The lowest BCUT2D eigenvalue weighted by molar-refractivity contribution is 0.0964. The number of hydrogen-bond donors (Lipinski definition) is 2. The zero-order valence-electron chi connectivity index (χ0n) is 14.5. The Hall–Kier alpha value is -2.02. The first kappa shape index (κ1) is 18.3. The number of carbonyl (C=O) groups is 1. The van der Waals surface area contributed by atoms with Crippen LogP contribution < -0.4 is 15.5 Å². The van der Waals surface area contributed by atoms with Gasteiger partial charge in [0.1, 0.15) is 0 Å². The van der Waals surface area contributed by atoms with Gasteiger partial charge in [-0.3, -0.25) is 0 Å². The van der Waals surface area contributed by atoms with Crippen LogP contribution in [0.25, 0.3) is 0 Å². The molecule has 6 nitrogen and oxygen atoms in total. The largest absolute Gasteiger partial charge is 0.450 e. The summed E-state index contributed by atoms with van der Waals surface area (Å²) in [6.07, 6.45) is 1.50. The van der Waals surface area contributed by atoms with Gasteiger partial charge in [0.15, 0.2) is 5.11 Å². The highest BCUT2D eigenvalue weighted by Crippen LogP contribution is 2.16. The molecule has 0 atom stereocenters. The Morgan fingerprint density at radius 2 is 1.92 bits per heavy atom. The van der Waals surface area contributed by atoms with E-state index in [-0.39, 0.29) is 12.1 Å². The van der Waals surface area contributed by atoms with E-state index < -0.39 is 0 Å². The number of benzene rings is 1. The van der Waals surface area contributed by atoms with Crippen LogP contribution >= 0.6 is 12.2 Å². The second-order valence-corrected chi connectivity index (χ2v) is 6.41. The Bertz CT molecular complexity index is 554. The standard InChI is InChI=1S/C17H26N4O2S/c1-4-23-17(22)21-11-9-14(10-12-21)19-16(24)18-13-5-7-15(8-6-13)20(2)3/h5-8,14H,4,9-12H2,1-3H3,(H2,18,19,24). The van der Waals surface area contributed by atoms with Gasteiger partial charge in [0.25, 0.3) is 0 Å². The Morgan fingerprint density at radius 1 is 1.29 bits per heavy atom. The van der Waals surface area contributed by atoms with Crippen LogP contribution in [0.2, 0.25) is 0 Å². The van der Waals surface area contributed by atoms with Crippen molar-refractivity contribution in [1.29, 1.82) is 0 Å². The van der Waals surface area contributed by atoms with Crippen molar-refractivity contribution in [2.45, 2.75) is 25.8 Å². The van der Waals surface area contributed by atoms with Gasteiger partial charge in [0, 0.05) is 44.6 Å². The van der Waals surface area contributed by atoms with Crippen molar-refractivity contribution in [2.75, 3.05) is 44.0 Å². The second kappa shape index (κ2) is 8.73. The molecule has 0 bridgehead atoms. The third-order valence-electron chi connectivity index (χ3n) is 4.00. The first-order valence-corrected chi connectivity index (χ1v) is 8.67. The summed E-state index contributed by atoms with van der Waals surface area (Å²) in [5.41, 5.74) is 2.10. The summed E-state index contributed by atoms with van der Waals surface area (Å²) < 4.78 is 5.03. The molecule has 1 aromatic rings. The number of rotatable bonds is 4. The first-order chi connectivity index (χ1) is 11.5. The fourth-order valence-corrected chi connectivity index (χ4v) is 2.90. The van der Waals surface area contributed by atoms with Crippen molar-refractivity contribution < 1.29 is 9.53 Å². The van der Waals surface area contributed by atoms with Gasteiger partial charge < -0.3 is 25.2 Å². The molecule has 1 aliphatic rings. The fourth-order valence-electron chi connectivity index (χ4n) is 2.62. The molecule has 0 saturated carbocycles. The number of likely N-dealkylation sites (tertiary alicyclic amines) is 1. The van der Waals surface area contributed by atoms with E-state index in [1.807, 2.05) is 45.3 Å². The maximum Gasteiger partial charge on any atom is 0.409 e. The fraction of sp³-hybridized carbons (Fsp3) is 0.529. The minimum absolute atomic E-state index is 0.224. The van der Waals surface area contributed by atoms with Crippen LogP contribution in [0.1, 0.15) is 19.8 Å². The van der Waals surface area contributed by atoms with Crippen LogP contribution in [0, 0.1) is 0 Å². The molecule has 24 heavy (non-hydrogen) atoms. The molecule has 0 aromatic heterocycles. The predicted molar refractivity (Wildman–Crippen MR) is 102 cm³/mol. The highest BCUT2D eigenvalue weighted by Gasteiger charge is 2.23. The van der Waals surface area contributed by atoms with Crippen molar-refractivity contribution >= 4 is 34.8 Å². The number of carbonyl (C=O) groups excluding carboxylic acids is 1. The SMILES string of the molecule is CCOC(=O)N1CCC(NC(=S)Nc2ccc(N(C)C)cc2)CC1. The van der Waals surface area contributed by atoms with Crippen LogP contribution in [-0.4, -0.2) is 55.9 Å². The normalized spacial score (nSPS) is 14.9. The zero-order chi connectivity index (χ0) is 17.5. The van der Waals surface area contributed by atoms with Gasteiger partial charge in [-0.25, -0.2) is 4.79 Å². The Balaban J connectivity index is 1.76. The summed E-state index contributed by atoms with van der Waals surface area (Å²) in [4.78, 5) is 15.5. The summed E-state index contributed by atoms with van der Waals surface area (Å²) in [5.74, 6) is 0. The molecule has 0 unspecified atom stereocenters. The van der Waals surface area contributed by atoms with Gasteiger partial charge in [-0.05, 0) is 56.2 Å². The average molecular weight is 350 g/mol. The third-order valence-corrected chi connectivity index (χ3v) is 4.22.